The van der Waals surface area contributed by atoms with Crippen LogP contribution in [0.15, 0.2) is 41.6 Å². The smallest absolute Gasteiger partial charge is 0.458 e. The molecule has 3 aromatic rings. The molecule has 0 aliphatic heterocycles. The van der Waals surface area contributed by atoms with Gasteiger partial charge in [0.1, 0.15) is 0 Å². The van der Waals surface area contributed by atoms with Gasteiger partial charge in [-0.2, -0.15) is 17.6 Å². The van der Waals surface area contributed by atoms with E-state index in [1.807, 2.05) is 6.07 Å². The predicted molar refractivity (Wildman–Crippen MR) is 93.2 cm³/mol. The van der Waals surface area contributed by atoms with Crippen molar-refractivity contribution in [3.05, 3.63) is 52.8 Å². The number of alkyl halides is 3. The van der Waals surface area contributed by atoms with Crippen LogP contribution in [0.2, 0.25) is 5.15 Å². The normalized spacial score (nSPS) is 11.9. The van der Waals surface area contributed by atoms with Gasteiger partial charge in [-0.05, 0) is 23.4 Å². The Bertz CT molecular complexity index is 1030. The third kappa shape index (κ3) is 3.94. The second-order valence-corrected chi connectivity index (χ2v) is 6.79. The number of hydrogen-bond donors (Lipinski definition) is 0. The fraction of sp³-hybridized carbons (Fsp3) is 0.235. The Hall–Kier alpha value is -2.30. The molecule has 3 rings (SSSR count). The minimum atomic E-state index is -5.22. The number of aromatic nitrogens is 3. The molecule has 0 aliphatic carbocycles. The van der Waals surface area contributed by atoms with Crippen LogP contribution in [0, 0.1) is 0 Å². The van der Waals surface area contributed by atoms with E-state index in [9.17, 15) is 23.1 Å². The van der Waals surface area contributed by atoms with Crippen LogP contribution in [0.25, 0.3) is 5.65 Å². The number of imidazole rings is 1. The van der Waals surface area contributed by atoms with Gasteiger partial charge in [0.25, 0.3) is 5.78 Å². The molecule has 0 spiro atoms. The van der Waals surface area contributed by atoms with Gasteiger partial charge in [0.2, 0.25) is 10.8 Å². The molecule has 148 valence electrons. The summed E-state index contributed by atoms with van der Waals surface area (Å²) in [6.45, 7) is -0.376. The zero-order valence-electron chi connectivity index (χ0n) is 14.4. The number of hydrogen-bond acceptors (Lipinski definition) is 5. The van der Waals surface area contributed by atoms with Gasteiger partial charge in [0.05, 0.1) is 18.6 Å². The third-order valence-electron chi connectivity index (χ3n) is 3.81. The number of carbonyl (C=O) groups is 1. The van der Waals surface area contributed by atoms with Crippen molar-refractivity contribution in [3.8, 4) is 5.88 Å². The molecule has 28 heavy (non-hydrogen) atoms. The maximum atomic E-state index is 13.1. The van der Waals surface area contributed by atoms with Crippen LogP contribution in [-0.2, 0) is 18.1 Å². The van der Waals surface area contributed by atoms with E-state index < -0.39 is 30.3 Å². The van der Waals surface area contributed by atoms with Crippen LogP contribution in [0.4, 0.5) is 13.2 Å². The van der Waals surface area contributed by atoms with Gasteiger partial charge in [-0.3, -0.25) is 4.79 Å². The SMILES string of the molecule is CSc1nc(Cl)cc2n(COCc3ccccc3)c(C(=O)C(F)(F)F)c([O-])[n+]12. The fourth-order valence-electron chi connectivity index (χ4n) is 2.62. The van der Waals surface area contributed by atoms with Crippen molar-refractivity contribution in [2.45, 2.75) is 24.7 Å². The molecule has 0 amide bonds. The maximum absolute atomic E-state index is 13.1. The van der Waals surface area contributed by atoms with E-state index in [0.29, 0.717) is 0 Å². The third-order valence-corrected chi connectivity index (χ3v) is 4.64. The molecule has 0 saturated heterocycles. The summed E-state index contributed by atoms with van der Waals surface area (Å²) in [7, 11) is 0. The summed E-state index contributed by atoms with van der Waals surface area (Å²) < 4.78 is 46.5. The number of benzene rings is 1. The van der Waals surface area contributed by atoms with Crippen LogP contribution < -0.4 is 9.51 Å². The van der Waals surface area contributed by atoms with Crippen LogP contribution in [0.3, 0.4) is 0 Å². The number of fused-ring (bicyclic) bond motifs is 1. The Morgan fingerprint density at radius 1 is 1.36 bits per heavy atom. The highest BCUT2D eigenvalue weighted by atomic mass is 35.5. The standard InChI is InChI=1S/C17H13ClF3N3O3S/c1-28-16-22-11(18)7-12-23(9-27-8-10-5-3-2-4-6-10)13(15(26)24(12)16)14(25)17(19,20)21/h2-7H,8-9H2,1H3. The Morgan fingerprint density at radius 2 is 2.04 bits per heavy atom. The van der Waals surface area contributed by atoms with Crippen LogP contribution >= 0.6 is 23.4 Å². The Kier molecular flexibility index (Phi) is 5.82. The first-order chi connectivity index (χ1) is 13.2. The van der Waals surface area contributed by atoms with E-state index in [1.54, 1.807) is 30.5 Å². The van der Waals surface area contributed by atoms with Gasteiger partial charge in [-0.1, -0.05) is 47.1 Å². The number of halogens is 4. The van der Waals surface area contributed by atoms with Crippen molar-refractivity contribution >= 4 is 34.8 Å². The van der Waals surface area contributed by atoms with E-state index in [-0.39, 0.29) is 22.6 Å². The van der Waals surface area contributed by atoms with E-state index in [1.165, 1.54) is 6.07 Å². The molecule has 0 atom stereocenters. The average molecular weight is 432 g/mol. The molecule has 0 fully saturated rings. The van der Waals surface area contributed by atoms with Crippen LogP contribution in [0.5, 0.6) is 5.88 Å². The van der Waals surface area contributed by atoms with Gasteiger partial charge in [-0.15, -0.1) is 0 Å². The minimum absolute atomic E-state index is 0.0185. The molecule has 0 N–H and O–H groups in total. The lowest BCUT2D eigenvalue weighted by molar-refractivity contribution is -0.619. The summed E-state index contributed by atoms with van der Waals surface area (Å²) in [6, 6.07) is 10.1. The van der Waals surface area contributed by atoms with Crippen molar-refractivity contribution in [2.75, 3.05) is 6.26 Å². The van der Waals surface area contributed by atoms with Crippen molar-refractivity contribution in [1.82, 2.24) is 9.55 Å². The van der Waals surface area contributed by atoms with Gasteiger partial charge in [0, 0.05) is 0 Å². The molecule has 0 radical (unpaired) electrons. The van der Waals surface area contributed by atoms with Gasteiger partial charge >= 0.3 is 11.3 Å². The fourth-order valence-corrected chi connectivity index (χ4v) is 3.40. The molecule has 1 aromatic carbocycles. The maximum Gasteiger partial charge on any atom is 0.458 e. The molecule has 0 bridgehead atoms. The van der Waals surface area contributed by atoms with E-state index in [4.69, 9.17) is 16.3 Å². The summed E-state index contributed by atoms with van der Waals surface area (Å²) >= 11 is 6.94. The average Bonchev–Trinajstić information content (AvgIpc) is 2.92. The zero-order valence-corrected chi connectivity index (χ0v) is 15.9. The predicted octanol–water partition coefficient (Wildman–Crippen LogP) is 2.99. The van der Waals surface area contributed by atoms with Crippen molar-refractivity contribution in [1.29, 1.82) is 0 Å². The highest BCUT2D eigenvalue weighted by Crippen LogP contribution is 2.28. The quantitative estimate of drug-likeness (QED) is 0.197. The summed E-state index contributed by atoms with van der Waals surface area (Å²) in [5.74, 6) is -3.39. The molecule has 2 heterocycles. The van der Waals surface area contributed by atoms with Crippen molar-refractivity contribution in [2.24, 2.45) is 0 Å². The number of ether oxygens (including phenoxy) is 1. The number of ketones is 1. The lowest BCUT2D eigenvalue weighted by atomic mass is 10.2. The second kappa shape index (κ2) is 7.98. The molecule has 2 aromatic heterocycles. The second-order valence-electron chi connectivity index (χ2n) is 5.63. The van der Waals surface area contributed by atoms with E-state index >= 15 is 0 Å². The first-order valence-electron chi connectivity index (χ1n) is 7.83. The highest BCUT2D eigenvalue weighted by Gasteiger charge is 2.44. The highest BCUT2D eigenvalue weighted by molar-refractivity contribution is 7.98. The van der Waals surface area contributed by atoms with E-state index in [2.05, 4.69) is 4.98 Å². The first kappa shape index (κ1) is 20.4. The summed E-state index contributed by atoms with van der Waals surface area (Å²) in [4.78, 5) is 15.8. The largest absolute Gasteiger partial charge is 0.845 e. The number of thioether (sulfide) groups is 1. The summed E-state index contributed by atoms with van der Waals surface area (Å²) in [5, 5.41) is 12.7. The number of Topliss-reactive ketones (excluding diaryl/α,β-unsaturated/α-hetero) is 1. The molecular weight excluding hydrogens is 419 g/mol. The number of carbonyl (C=O) groups excluding carboxylic acids is 1. The Morgan fingerprint density at radius 3 is 2.64 bits per heavy atom. The van der Waals surface area contributed by atoms with Crippen LogP contribution in [0.1, 0.15) is 16.1 Å². The summed E-state index contributed by atoms with van der Waals surface area (Å²) in [6.07, 6.45) is -3.64. The number of rotatable bonds is 6. The number of nitrogens with zero attached hydrogens (tertiary/aromatic N) is 3. The molecule has 6 nitrogen and oxygen atoms in total. The lowest BCUT2D eigenvalue weighted by Gasteiger charge is -2.10. The van der Waals surface area contributed by atoms with E-state index in [0.717, 1.165) is 26.3 Å². The molecule has 0 aliphatic rings. The Labute approximate surface area is 166 Å². The molecule has 11 heteroatoms. The van der Waals surface area contributed by atoms with Gasteiger partial charge < -0.3 is 9.84 Å². The van der Waals surface area contributed by atoms with Gasteiger partial charge in [-0.25, -0.2) is 4.57 Å². The van der Waals surface area contributed by atoms with Gasteiger partial charge in [0.15, 0.2) is 12.4 Å². The molecular formula is C17H13ClF3N3O3S. The molecule has 0 saturated carbocycles. The minimum Gasteiger partial charge on any atom is -0.845 e. The first-order valence-corrected chi connectivity index (χ1v) is 9.43. The Balaban J connectivity index is 2.09. The lowest BCUT2D eigenvalue weighted by Crippen LogP contribution is -2.30. The zero-order chi connectivity index (χ0) is 20.5. The summed E-state index contributed by atoms with van der Waals surface area (Å²) in [5.41, 5.74) is -0.294. The van der Waals surface area contributed by atoms with Crippen LogP contribution in [-0.4, -0.2) is 27.8 Å². The van der Waals surface area contributed by atoms with Crippen molar-refractivity contribution in [3.63, 3.8) is 0 Å². The van der Waals surface area contributed by atoms with Crippen molar-refractivity contribution < 1.29 is 32.2 Å². The monoisotopic (exact) mass is 431 g/mol. The topological polar surface area (TPSA) is 71.3 Å². The molecule has 0 unspecified atom stereocenters.